The Hall–Kier alpha value is -1.43. The summed E-state index contributed by atoms with van der Waals surface area (Å²) in [6.45, 7) is 6.47. The monoisotopic (exact) mass is 233 g/mol. The Morgan fingerprint density at radius 3 is 2.65 bits per heavy atom. The van der Waals surface area contributed by atoms with Gasteiger partial charge in [-0.2, -0.15) is 5.26 Å². The van der Waals surface area contributed by atoms with E-state index < -0.39 is 0 Å². The largest absolute Gasteiger partial charge is 0.397 e. The molecule has 1 heterocycles. The molecule has 0 radical (unpaired) electrons. The lowest BCUT2D eigenvalue weighted by Crippen LogP contribution is -2.11. The third-order valence-electron chi connectivity index (χ3n) is 3.34. The molecule has 0 aliphatic rings. The molecule has 1 rings (SSSR count). The van der Waals surface area contributed by atoms with Crippen LogP contribution in [0.25, 0.3) is 0 Å². The van der Waals surface area contributed by atoms with Crippen LogP contribution >= 0.6 is 0 Å². The van der Waals surface area contributed by atoms with Gasteiger partial charge in [-0.3, -0.25) is 0 Å². The van der Waals surface area contributed by atoms with E-state index in [9.17, 15) is 0 Å². The Kier molecular flexibility index (Phi) is 5.09. The number of hydrogen-bond acceptors (Lipinski definition) is 2. The molecule has 17 heavy (non-hydrogen) atoms. The van der Waals surface area contributed by atoms with Gasteiger partial charge in [-0.1, -0.05) is 26.7 Å². The standard InChI is InChI=1S/C14H23N3/c1-4-6-7-8-14-13(16)9-12(10-15)17(14)11(3)5-2/h9,11H,4-8,16H2,1-3H3/t11-/m0/s1. The SMILES string of the molecule is CCCCCc1c(N)cc(C#N)n1[C@@H](C)CC. The summed E-state index contributed by atoms with van der Waals surface area (Å²) in [6.07, 6.45) is 5.56. The van der Waals surface area contributed by atoms with Crippen molar-refractivity contribution in [1.29, 1.82) is 5.26 Å². The molecule has 0 fully saturated rings. The molecule has 0 saturated carbocycles. The summed E-state index contributed by atoms with van der Waals surface area (Å²) in [4.78, 5) is 0. The second kappa shape index (κ2) is 6.34. The van der Waals surface area contributed by atoms with E-state index in [-0.39, 0.29) is 0 Å². The average molecular weight is 233 g/mol. The van der Waals surface area contributed by atoms with Gasteiger partial charge in [-0.25, -0.2) is 0 Å². The van der Waals surface area contributed by atoms with E-state index in [0.717, 1.165) is 30.6 Å². The van der Waals surface area contributed by atoms with Gasteiger partial charge in [-0.15, -0.1) is 0 Å². The van der Waals surface area contributed by atoms with Crippen molar-refractivity contribution in [3.63, 3.8) is 0 Å². The molecule has 0 aliphatic heterocycles. The van der Waals surface area contributed by atoms with Crippen molar-refractivity contribution in [2.45, 2.75) is 58.9 Å². The van der Waals surface area contributed by atoms with Crippen molar-refractivity contribution >= 4 is 5.69 Å². The highest BCUT2D eigenvalue weighted by Gasteiger charge is 2.16. The van der Waals surface area contributed by atoms with Crippen LogP contribution in [0.3, 0.4) is 0 Å². The molecule has 1 aromatic heterocycles. The lowest BCUT2D eigenvalue weighted by Gasteiger charge is -2.17. The van der Waals surface area contributed by atoms with Crippen molar-refractivity contribution < 1.29 is 0 Å². The van der Waals surface area contributed by atoms with Crippen LogP contribution in [0, 0.1) is 11.3 Å². The number of hydrogen-bond donors (Lipinski definition) is 1. The van der Waals surface area contributed by atoms with Gasteiger partial charge >= 0.3 is 0 Å². The first-order valence-electron chi connectivity index (χ1n) is 6.55. The summed E-state index contributed by atoms with van der Waals surface area (Å²) in [7, 11) is 0. The van der Waals surface area contributed by atoms with Crippen LogP contribution < -0.4 is 5.73 Å². The van der Waals surface area contributed by atoms with Crippen LogP contribution in [0.2, 0.25) is 0 Å². The van der Waals surface area contributed by atoms with Crippen LogP contribution in [0.5, 0.6) is 0 Å². The fraction of sp³-hybridized carbons (Fsp3) is 0.643. The van der Waals surface area contributed by atoms with Crippen molar-refractivity contribution in [2.75, 3.05) is 5.73 Å². The zero-order valence-electron chi connectivity index (χ0n) is 11.2. The molecule has 1 atom stereocenters. The highest BCUT2D eigenvalue weighted by molar-refractivity contribution is 5.51. The van der Waals surface area contributed by atoms with Crippen LogP contribution in [0.15, 0.2) is 6.07 Å². The molecule has 94 valence electrons. The van der Waals surface area contributed by atoms with E-state index in [1.165, 1.54) is 12.8 Å². The summed E-state index contributed by atoms with van der Waals surface area (Å²) >= 11 is 0. The lowest BCUT2D eigenvalue weighted by atomic mass is 10.1. The topological polar surface area (TPSA) is 54.7 Å². The van der Waals surface area contributed by atoms with Crippen molar-refractivity contribution in [3.05, 3.63) is 17.5 Å². The summed E-state index contributed by atoms with van der Waals surface area (Å²) < 4.78 is 2.12. The summed E-state index contributed by atoms with van der Waals surface area (Å²) in [5, 5.41) is 9.15. The average Bonchev–Trinajstić information content (AvgIpc) is 2.65. The van der Waals surface area contributed by atoms with Gasteiger partial charge in [0, 0.05) is 11.7 Å². The Morgan fingerprint density at radius 1 is 1.41 bits per heavy atom. The fourth-order valence-electron chi connectivity index (χ4n) is 2.16. The molecule has 0 unspecified atom stereocenters. The smallest absolute Gasteiger partial charge is 0.122 e. The van der Waals surface area contributed by atoms with E-state index in [2.05, 4.69) is 31.4 Å². The number of nitrogen functional groups attached to an aromatic ring is 1. The molecule has 3 nitrogen and oxygen atoms in total. The van der Waals surface area contributed by atoms with Crippen LogP contribution in [-0.2, 0) is 6.42 Å². The van der Waals surface area contributed by atoms with Gasteiger partial charge in [0.15, 0.2) is 0 Å². The zero-order valence-corrected chi connectivity index (χ0v) is 11.2. The van der Waals surface area contributed by atoms with Crippen molar-refractivity contribution in [1.82, 2.24) is 4.57 Å². The number of rotatable bonds is 6. The Morgan fingerprint density at radius 2 is 2.12 bits per heavy atom. The first-order valence-corrected chi connectivity index (χ1v) is 6.55. The maximum atomic E-state index is 9.15. The van der Waals surface area contributed by atoms with Crippen molar-refractivity contribution in [3.8, 4) is 6.07 Å². The number of nitriles is 1. The summed E-state index contributed by atoms with van der Waals surface area (Å²) in [5.74, 6) is 0. The number of unbranched alkanes of at least 4 members (excludes halogenated alkanes) is 2. The first kappa shape index (κ1) is 13.6. The molecular formula is C14H23N3. The van der Waals surface area contributed by atoms with E-state index >= 15 is 0 Å². The molecule has 3 heteroatoms. The minimum atomic E-state index is 0.346. The molecule has 0 amide bonds. The Bertz CT molecular complexity index is 398. The molecule has 0 spiro atoms. The maximum Gasteiger partial charge on any atom is 0.122 e. The van der Waals surface area contributed by atoms with Crippen molar-refractivity contribution in [2.24, 2.45) is 0 Å². The lowest BCUT2D eigenvalue weighted by molar-refractivity contribution is 0.505. The third kappa shape index (κ3) is 3.03. The molecule has 0 aliphatic carbocycles. The van der Waals surface area contributed by atoms with Gasteiger partial charge in [-0.05, 0) is 32.3 Å². The van der Waals surface area contributed by atoms with E-state index in [4.69, 9.17) is 11.0 Å². The minimum absolute atomic E-state index is 0.346. The molecule has 2 N–H and O–H groups in total. The van der Waals surface area contributed by atoms with Gasteiger partial charge in [0.25, 0.3) is 0 Å². The molecule has 1 aromatic rings. The van der Waals surface area contributed by atoms with Crippen LogP contribution in [0.4, 0.5) is 5.69 Å². The van der Waals surface area contributed by atoms with Gasteiger partial charge < -0.3 is 10.3 Å². The predicted molar refractivity (Wildman–Crippen MR) is 71.8 cm³/mol. The quantitative estimate of drug-likeness (QED) is 0.762. The number of anilines is 1. The fourth-order valence-corrected chi connectivity index (χ4v) is 2.16. The molecule has 0 aromatic carbocycles. The summed E-state index contributed by atoms with van der Waals surface area (Å²) in [5.41, 5.74) is 8.64. The van der Waals surface area contributed by atoms with Gasteiger partial charge in [0.2, 0.25) is 0 Å². The van der Waals surface area contributed by atoms with Gasteiger partial charge in [0.05, 0.1) is 5.69 Å². The second-order valence-corrected chi connectivity index (χ2v) is 4.63. The van der Waals surface area contributed by atoms with Gasteiger partial charge in [0.1, 0.15) is 11.8 Å². The van der Waals surface area contributed by atoms with E-state index in [1.54, 1.807) is 0 Å². The molecule has 0 bridgehead atoms. The first-order chi connectivity index (χ1) is 8.15. The zero-order chi connectivity index (χ0) is 12.8. The van der Waals surface area contributed by atoms with Crippen LogP contribution in [-0.4, -0.2) is 4.57 Å². The Labute approximate surface area is 104 Å². The summed E-state index contributed by atoms with van der Waals surface area (Å²) in [6, 6.07) is 4.40. The highest BCUT2D eigenvalue weighted by Crippen LogP contribution is 2.26. The van der Waals surface area contributed by atoms with E-state index in [1.807, 2.05) is 6.07 Å². The Balaban J connectivity index is 3.01. The number of nitrogens with two attached hydrogens (primary N) is 1. The second-order valence-electron chi connectivity index (χ2n) is 4.63. The predicted octanol–water partition coefficient (Wildman–Crippen LogP) is 3.65. The molecule has 0 saturated heterocycles. The number of nitrogens with zero attached hydrogens (tertiary/aromatic N) is 2. The third-order valence-corrected chi connectivity index (χ3v) is 3.34. The normalized spacial score (nSPS) is 12.4. The highest BCUT2D eigenvalue weighted by atomic mass is 15.0. The van der Waals surface area contributed by atoms with Crippen LogP contribution in [0.1, 0.15) is 63.9 Å². The van der Waals surface area contributed by atoms with E-state index in [0.29, 0.717) is 11.7 Å². The minimum Gasteiger partial charge on any atom is -0.397 e. The maximum absolute atomic E-state index is 9.15. The number of aromatic nitrogens is 1. The molecular weight excluding hydrogens is 210 g/mol.